The average Bonchev–Trinajstić information content (AvgIpc) is 2.29. The van der Waals surface area contributed by atoms with E-state index in [2.05, 4.69) is 0 Å². The second kappa shape index (κ2) is 4.24. The summed E-state index contributed by atoms with van der Waals surface area (Å²) in [6.45, 7) is 2.35. The highest BCUT2D eigenvalue weighted by molar-refractivity contribution is 5.69. The molecule has 3 rings (SSSR count). The van der Waals surface area contributed by atoms with Gasteiger partial charge in [-0.05, 0) is 18.4 Å². The molecule has 2 bridgehead atoms. The van der Waals surface area contributed by atoms with E-state index in [9.17, 15) is 9.59 Å². The van der Waals surface area contributed by atoms with Crippen molar-refractivity contribution < 1.29 is 9.90 Å². The van der Waals surface area contributed by atoms with Gasteiger partial charge in [0.25, 0.3) is 5.56 Å². The Balaban J connectivity index is 1.90. The zero-order chi connectivity index (χ0) is 12.7. The lowest BCUT2D eigenvalue weighted by molar-refractivity contribution is -0.139. The van der Waals surface area contributed by atoms with Gasteiger partial charge < -0.3 is 9.67 Å². The van der Waals surface area contributed by atoms with E-state index in [1.54, 1.807) is 12.1 Å². The van der Waals surface area contributed by atoms with Gasteiger partial charge in [-0.3, -0.25) is 14.5 Å². The Hall–Kier alpha value is -1.62. The summed E-state index contributed by atoms with van der Waals surface area (Å²) in [7, 11) is 0. The zero-order valence-corrected chi connectivity index (χ0v) is 10.1. The van der Waals surface area contributed by atoms with Crippen LogP contribution < -0.4 is 5.56 Å². The molecular formula is C13H16N2O3. The van der Waals surface area contributed by atoms with Crippen LogP contribution in [0.2, 0.25) is 0 Å². The molecule has 2 aliphatic heterocycles. The summed E-state index contributed by atoms with van der Waals surface area (Å²) >= 11 is 0. The first-order chi connectivity index (χ1) is 8.63. The molecule has 0 radical (unpaired) electrons. The van der Waals surface area contributed by atoms with E-state index in [4.69, 9.17) is 5.11 Å². The van der Waals surface area contributed by atoms with Gasteiger partial charge in [0.05, 0.1) is 6.54 Å². The largest absolute Gasteiger partial charge is 0.480 e. The first-order valence-electron chi connectivity index (χ1n) is 6.27. The highest BCUT2D eigenvalue weighted by atomic mass is 16.4. The molecule has 96 valence electrons. The molecule has 0 aromatic carbocycles. The summed E-state index contributed by atoms with van der Waals surface area (Å²) in [5.41, 5.74) is 1.13. The molecule has 1 aromatic rings. The van der Waals surface area contributed by atoms with Crippen molar-refractivity contribution in [2.75, 3.05) is 19.6 Å². The number of likely N-dealkylation sites (tertiary alicyclic amines) is 1. The number of hydrogen-bond donors (Lipinski definition) is 1. The molecule has 5 heteroatoms. The van der Waals surface area contributed by atoms with E-state index < -0.39 is 5.97 Å². The van der Waals surface area contributed by atoms with Crippen molar-refractivity contribution in [2.24, 2.45) is 5.92 Å². The highest BCUT2D eigenvalue weighted by Gasteiger charge is 2.34. The topological polar surface area (TPSA) is 62.5 Å². The predicted octanol–water partition coefficient (Wildman–Crippen LogP) is 0.352. The molecule has 3 heterocycles. The second-order valence-electron chi connectivity index (χ2n) is 5.29. The maximum absolute atomic E-state index is 11.8. The van der Waals surface area contributed by atoms with Crippen LogP contribution in [0.1, 0.15) is 18.0 Å². The van der Waals surface area contributed by atoms with Crippen molar-refractivity contribution in [3.05, 3.63) is 34.2 Å². The number of aromatic nitrogens is 1. The van der Waals surface area contributed by atoms with Crippen LogP contribution in [0.5, 0.6) is 0 Å². The van der Waals surface area contributed by atoms with Gasteiger partial charge in [-0.2, -0.15) is 0 Å². The maximum atomic E-state index is 11.8. The third kappa shape index (κ3) is 1.95. The Bertz CT molecular complexity index is 537. The number of piperidine rings is 1. The monoisotopic (exact) mass is 248 g/mol. The number of carboxylic acid groups (broad SMARTS) is 1. The standard InChI is InChI=1S/C13H16N2O3/c16-12-3-1-2-11-10-4-9(6-15(11)12)5-14(7-10)8-13(17)18/h1-3,9-10H,4-8H2,(H,17,18). The Morgan fingerprint density at radius 1 is 1.33 bits per heavy atom. The Kier molecular flexibility index (Phi) is 2.70. The number of fused-ring (bicyclic) bond motifs is 4. The molecule has 1 saturated heterocycles. The fourth-order valence-corrected chi connectivity index (χ4v) is 3.32. The van der Waals surface area contributed by atoms with Crippen LogP contribution >= 0.6 is 0 Å². The van der Waals surface area contributed by atoms with Crippen LogP contribution in [0, 0.1) is 5.92 Å². The molecule has 1 fully saturated rings. The molecule has 1 N–H and O–H groups in total. The molecule has 0 amide bonds. The number of aliphatic carboxylic acids is 1. The first kappa shape index (κ1) is 11.5. The molecular weight excluding hydrogens is 232 g/mol. The van der Waals surface area contributed by atoms with E-state index in [1.807, 2.05) is 15.5 Å². The number of carbonyl (C=O) groups is 1. The van der Waals surface area contributed by atoms with E-state index in [1.165, 1.54) is 0 Å². The van der Waals surface area contributed by atoms with E-state index in [0.29, 0.717) is 11.8 Å². The number of carboxylic acids is 1. The third-order valence-electron chi connectivity index (χ3n) is 3.91. The third-order valence-corrected chi connectivity index (χ3v) is 3.91. The molecule has 0 saturated carbocycles. The van der Waals surface area contributed by atoms with Crippen molar-refractivity contribution in [1.29, 1.82) is 0 Å². The zero-order valence-electron chi connectivity index (χ0n) is 10.1. The summed E-state index contributed by atoms with van der Waals surface area (Å²) in [6, 6.07) is 5.39. The average molecular weight is 248 g/mol. The van der Waals surface area contributed by atoms with Crippen LogP contribution in [-0.4, -0.2) is 40.2 Å². The van der Waals surface area contributed by atoms with Crippen LogP contribution in [0.3, 0.4) is 0 Å². The van der Waals surface area contributed by atoms with Crippen LogP contribution in [-0.2, 0) is 11.3 Å². The predicted molar refractivity (Wildman–Crippen MR) is 65.6 cm³/mol. The minimum absolute atomic E-state index is 0.0638. The molecule has 2 unspecified atom stereocenters. The summed E-state index contributed by atoms with van der Waals surface area (Å²) in [6.07, 6.45) is 1.07. The minimum atomic E-state index is -0.777. The quantitative estimate of drug-likeness (QED) is 0.820. The van der Waals surface area contributed by atoms with Gasteiger partial charge in [0.15, 0.2) is 0 Å². The van der Waals surface area contributed by atoms with Gasteiger partial charge in [-0.15, -0.1) is 0 Å². The molecule has 2 aliphatic rings. The Morgan fingerprint density at radius 3 is 2.94 bits per heavy atom. The molecule has 1 aromatic heterocycles. The lowest BCUT2D eigenvalue weighted by atomic mass is 9.83. The fourth-order valence-electron chi connectivity index (χ4n) is 3.32. The lowest BCUT2D eigenvalue weighted by Gasteiger charge is -2.42. The highest BCUT2D eigenvalue weighted by Crippen LogP contribution is 2.34. The molecule has 0 spiro atoms. The van der Waals surface area contributed by atoms with E-state index in [0.717, 1.165) is 31.7 Å². The van der Waals surface area contributed by atoms with Crippen molar-refractivity contribution in [3.63, 3.8) is 0 Å². The summed E-state index contributed by atoms with van der Waals surface area (Å²) in [5.74, 6) is -0.0816. The number of rotatable bonds is 2. The molecule has 5 nitrogen and oxygen atoms in total. The van der Waals surface area contributed by atoms with Gasteiger partial charge in [-0.1, -0.05) is 6.07 Å². The molecule has 18 heavy (non-hydrogen) atoms. The van der Waals surface area contributed by atoms with Gasteiger partial charge in [-0.25, -0.2) is 0 Å². The lowest BCUT2D eigenvalue weighted by Crippen LogP contribution is -2.48. The first-order valence-corrected chi connectivity index (χ1v) is 6.27. The van der Waals surface area contributed by atoms with Gasteiger partial charge in [0.1, 0.15) is 0 Å². The van der Waals surface area contributed by atoms with Gasteiger partial charge in [0.2, 0.25) is 0 Å². The van der Waals surface area contributed by atoms with Gasteiger partial charge in [0, 0.05) is 37.3 Å². The van der Waals surface area contributed by atoms with Crippen molar-refractivity contribution >= 4 is 5.97 Å². The minimum Gasteiger partial charge on any atom is -0.480 e. The van der Waals surface area contributed by atoms with Crippen LogP contribution in [0.25, 0.3) is 0 Å². The van der Waals surface area contributed by atoms with Crippen molar-refractivity contribution in [2.45, 2.75) is 18.9 Å². The smallest absolute Gasteiger partial charge is 0.317 e. The van der Waals surface area contributed by atoms with Crippen LogP contribution in [0.4, 0.5) is 0 Å². The van der Waals surface area contributed by atoms with Crippen molar-refractivity contribution in [3.8, 4) is 0 Å². The summed E-state index contributed by atoms with van der Waals surface area (Å²) < 4.78 is 1.86. The van der Waals surface area contributed by atoms with Gasteiger partial charge >= 0.3 is 5.97 Å². The maximum Gasteiger partial charge on any atom is 0.317 e. The Labute approximate surface area is 105 Å². The summed E-state index contributed by atoms with van der Waals surface area (Å²) in [4.78, 5) is 24.6. The van der Waals surface area contributed by atoms with Crippen molar-refractivity contribution in [1.82, 2.24) is 9.47 Å². The van der Waals surface area contributed by atoms with E-state index >= 15 is 0 Å². The SMILES string of the molecule is O=C(O)CN1CC2CC(C1)c1cccc(=O)n1C2. The number of nitrogens with zero attached hydrogens (tertiary/aromatic N) is 2. The molecule has 2 atom stereocenters. The fraction of sp³-hybridized carbons (Fsp3) is 0.538. The molecule has 0 aliphatic carbocycles. The summed E-state index contributed by atoms with van der Waals surface area (Å²) in [5, 5.41) is 8.87. The van der Waals surface area contributed by atoms with E-state index in [-0.39, 0.29) is 12.1 Å². The van der Waals surface area contributed by atoms with Crippen LogP contribution in [0.15, 0.2) is 23.0 Å². The second-order valence-corrected chi connectivity index (χ2v) is 5.29. The Morgan fingerprint density at radius 2 is 2.17 bits per heavy atom. The number of pyridine rings is 1. The normalized spacial score (nSPS) is 26.7. The number of hydrogen-bond acceptors (Lipinski definition) is 3.